The molecular formula is C13H20N2O3S. The summed E-state index contributed by atoms with van der Waals surface area (Å²) >= 11 is 0. The lowest BCUT2D eigenvalue weighted by atomic mass is 10.1. The summed E-state index contributed by atoms with van der Waals surface area (Å²) in [5.41, 5.74) is 7.77. The standard InChI is InChI=1S/C13H20N2O3S/c1-9-6-11(14)7-13(10(9)2)19(17,18)15-5-3-4-12(16)8-15/h6-7,12,16H,3-5,8,14H2,1-2H3/t12-/m0/s1. The maximum atomic E-state index is 12.6. The lowest BCUT2D eigenvalue weighted by Crippen LogP contribution is -2.42. The fourth-order valence-electron chi connectivity index (χ4n) is 2.40. The SMILES string of the molecule is Cc1cc(N)cc(S(=O)(=O)N2CCC[C@H](O)C2)c1C. The van der Waals surface area contributed by atoms with Gasteiger partial charge in [-0.1, -0.05) is 0 Å². The second-order valence-corrected chi connectivity index (χ2v) is 7.03. The normalized spacial score (nSPS) is 21.5. The molecule has 1 atom stereocenters. The van der Waals surface area contributed by atoms with E-state index in [0.717, 1.165) is 5.56 Å². The molecule has 106 valence electrons. The van der Waals surface area contributed by atoms with Crippen molar-refractivity contribution < 1.29 is 13.5 Å². The molecule has 1 aliphatic heterocycles. The molecule has 0 aromatic heterocycles. The summed E-state index contributed by atoms with van der Waals surface area (Å²) in [5.74, 6) is 0. The van der Waals surface area contributed by atoms with E-state index in [1.54, 1.807) is 13.0 Å². The van der Waals surface area contributed by atoms with Crippen molar-refractivity contribution in [3.8, 4) is 0 Å². The van der Waals surface area contributed by atoms with Crippen molar-refractivity contribution in [1.29, 1.82) is 0 Å². The molecule has 1 saturated heterocycles. The first-order valence-electron chi connectivity index (χ1n) is 6.37. The van der Waals surface area contributed by atoms with Crippen LogP contribution in [0.2, 0.25) is 0 Å². The van der Waals surface area contributed by atoms with Crippen molar-refractivity contribution in [1.82, 2.24) is 4.31 Å². The first kappa shape index (κ1) is 14.3. The fourth-order valence-corrected chi connectivity index (χ4v) is 4.25. The predicted octanol–water partition coefficient (Wildman–Crippen LogP) is 1.03. The van der Waals surface area contributed by atoms with Crippen LogP contribution in [0, 0.1) is 13.8 Å². The number of β-amino-alcohol motifs (C(OH)–C–C–N with tert-alkyl or cyclic N) is 1. The summed E-state index contributed by atoms with van der Waals surface area (Å²) in [4.78, 5) is 0.249. The molecule has 3 N–H and O–H groups in total. The van der Waals surface area contributed by atoms with E-state index in [0.29, 0.717) is 30.6 Å². The van der Waals surface area contributed by atoms with E-state index in [1.165, 1.54) is 10.4 Å². The molecule has 1 heterocycles. The van der Waals surface area contributed by atoms with Gasteiger partial charge in [0.1, 0.15) is 0 Å². The van der Waals surface area contributed by atoms with Gasteiger partial charge in [0, 0.05) is 18.8 Å². The van der Waals surface area contributed by atoms with Gasteiger partial charge in [-0.2, -0.15) is 4.31 Å². The van der Waals surface area contributed by atoms with Crippen molar-refractivity contribution in [2.24, 2.45) is 0 Å². The Bertz CT molecular complexity index is 584. The lowest BCUT2D eigenvalue weighted by molar-refractivity contribution is 0.108. The number of sulfonamides is 1. The van der Waals surface area contributed by atoms with E-state index < -0.39 is 16.1 Å². The second-order valence-electron chi connectivity index (χ2n) is 5.12. The zero-order chi connectivity index (χ0) is 14.2. The van der Waals surface area contributed by atoms with E-state index in [-0.39, 0.29) is 11.4 Å². The van der Waals surface area contributed by atoms with Crippen LogP contribution in [0.25, 0.3) is 0 Å². The number of nitrogens with zero attached hydrogens (tertiary/aromatic N) is 1. The third kappa shape index (κ3) is 2.75. The van der Waals surface area contributed by atoms with Gasteiger partial charge in [-0.15, -0.1) is 0 Å². The predicted molar refractivity (Wildman–Crippen MR) is 74.3 cm³/mol. The van der Waals surface area contributed by atoms with Crippen molar-refractivity contribution in [3.05, 3.63) is 23.3 Å². The van der Waals surface area contributed by atoms with Gasteiger partial charge in [-0.3, -0.25) is 0 Å². The summed E-state index contributed by atoms with van der Waals surface area (Å²) in [6.45, 7) is 4.24. The third-order valence-electron chi connectivity index (χ3n) is 3.62. The van der Waals surface area contributed by atoms with Crippen molar-refractivity contribution in [2.75, 3.05) is 18.8 Å². The minimum absolute atomic E-state index is 0.162. The molecule has 0 radical (unpaired) electrons. The number of aliphatic hydroxyl groups is 1. The average Bonchev–Trinajstić information content (AvgIpc) is 2.33. The Balaban J connectivity index is 2.45. The molecule has 0 saturated carbocycles. The molecule has 0 spiro atoms. The van der Waals surface area contributed by atoms with Crippen molar-refractivity contribution >= 4 is 15.7 Å². The Kier molecular flexibility index (Phi) is 3.85. The molecule has 6 heteroatoms. The molecule has 0 aliphatic carbocycles. The third-order valence-corrected chi connectivity index (χ3v) is 5.61. The maximum Gasteiger partial charge on any atom is 0.243 e. The monoisotopic (exact) mass is 284 g/mol. The summed E-state index contributed by atoms with van der Waals surface area (Å²) in [6.07, 6.45) is 0.757. The van der Waals surface area contributed by atoms with Gasteiger partial charge in [-0.25, -0.2) is 8.42 Å². The Labute approximate surface area is 114 Å². The van der Waals surface area contributed by atoms with Gasteiger partial charge in [-0.05, 0) is 49.9 Å². The molecular weight excluding hydrogens is 264 g/mol. The topological polar surface area (TPSA) is 83.6 Å². The zero-order valence-electron chi connectivity index (χ0n) is 11.3. The first-order chi connectivity index (χ1) is 8.82. The van der Waals surface area contributed by atoms with Crippen LogP contribution in [0.5, 0.6) is 0 Å². The van der Waals surface area contributed by atoms with E-state index in [4.69, 9.17) is 5.73 Å². The number of nitrogen functional groups attached to an aromatic ring is 1. The van der Waals surface area contributed by atoms with Gasteiger partial charge in [0.2, 0.25) is 10.0 Å². The molecule has 2 rings (SSSR count). The van der Waals surface area contributed by atoms with Crippen LogP contribution in [0.1, 0.15) is 24.0 Å². The van der Waals surface area contributed by atoms with E-state index >= 15 is 0 Å². The number of nitrogens with two attached hydrogens (primary N) is 1. The number of hydrogen-bond acceptors (Lipinski definition) is 4. The number of hydrogen-bond donors (Lipinski definition) is 2. The number of piperidine rings is 1. The van der Waals surface area contributed by atoms with E-state index in [2.05, 4.69) is 0 Å². The van der Waals surface area contributed by atoms with Crippen LogP contribution < -0.4 is 5.73 Å². The number of aryl methyl sites for hydroxylation is 1. The molecule has 0 amide bonds. The quantitative estimate of drug-likeness (QED) is 0.795. The van der Waals surface area contributed by atoms with E-state index in [9.17, 15) is 13.5 Å². The minimum Gasteiger partial charge on any atom is -0.399 e. The van der Waals surface area contributed by atoms with Crippen LogP contribution in [-0.2, 0) is 10.0 Å². The highest BCUT2D eigenvalue weighted by molar-refractivity contribution is 7.89. The lowest BCUT2D eigenvalue weighted by Gasteiger charge is -2.30. The highest BCUT2D eigenvalue weighted by atomic mass is 32.2. The maximum absolute atomic E-state index is 12.6. The van der Waals surface area contributed by atoms with Gasteiger partial charge < -0.3 is 10.8 Å². The molecule has 1 fully saturated rings. The molecule has 1 aromatic rings. The Morgan fingerprint density at radius 2 is 2.05 bits per heavy atom. The van der Waals surface area contributed by atoms with Crippen molar-refractivity contribution in [3.63, 3.8) is 0 Å². The molecule has 1 aliphatic rings. The summed E-state index contributed by atoms with van der Waals surface area (Å²) < 4.78 is 26.6. The first-order valence-corrected chi connectivity index (χ1v) is 7.81. The minimum atomic E-state index is -3.58. The van der Waals surface area contributed by atoms with Gasteiger partial charge in [0.05, 0.1) is 11.0 Å². The fraction of sp³-hybridized carbons (Fsp3) is 0.538. The molecule has 0 unspecified atom stereocenters. The Morgan fingerprint density at radius 1 is 1.37 bits per heavy atom. The average molecular weight is 284 g/mol. The number of aliphatic hydroxyl groups excluding tert-OH is 1. The molecule has 5 nitrogen and oxygen atoms in total. The zero-order valence-corrected chi connectivity index (χ0v) is 12.1. The molecule has 19 heavy (non-hydrogen) atoms. The molecule has 0 bridgehead atoms. The van der Waals surface area contributed by atoms with Crippen LogP contribution in [0.15, 0.2) is 17.0 Å². The van der Waals surface area contributed by atoms with Crippen molar-refractivity contribution in [2.45, 2.75) is 37.7 Å². The van der Waals surface area contributed by atoms with Crippen LogP contribution in [0.3, 0.4) is 0 Å². The Hall–Kier alpha value is -1.11. The summed E-state index contributed by atoms with van der Waals surface area (Å²) in [5, 5.41) is 9.64. The van der Waals surface area contributed by atoms with Crippen LogP contribution in [-0.4, -0.2) is 37.0 Å². The Morgan fingerprint density at radius 3 is 2.68 bits per heavy atom. The molecule has 1 aromatic carbocycles. The number of anilines is 1. The highest BCUT2D eigenvalue weighted by Crippen LogP contribution is 2.27. The number of benzene rings is 1. The number of rotatable bonds is 2. The van der Waals surface area contributed by atoms with Crippen LogP contribution in [0.4, 0.5) is 5.69 Å². The largest absolute Gasteiger partial charge is 0.399 e. The summed E-state index contributed by atoms with van der Waals surface area (Å²) in [7, 11) is -3.58. The highest BCUT2D eigenvalue weighted by Gasteiger charge is 2.30. The van der Waals surface area contributed by atoms with E-state index in [1.807, 2.05) is 6.92 Å². The second kappa shape index (κ2) is 5.11. The summed E-state index contributed by atoms with van der Waals surface area (Å²) in [6, 6.07) is 3.26. The van der Waals surface area contributed by atoms with Gasteiger partial charge in [0.15, 0.2) is 0 Å². The smallest absolute Gasteiger partial charge is 0.243 e. The van der Waals surface area contributed by atoms with Gasteiger partial charge in [0.25, 0.3) is 0 Å². The van der Waals surface area contributed by atoms with Crippen LogP contribution >= 0.6 is 0 Å². The van der Waals surface area contributed by atoms with Gasteiger partial charge >= 0.3 is 0 Å².